The van der Waals surface area contributed by atoms with Crippen LogP contribution in [0.1, 0.15) is 6.92 Å². The molecule has 0 spiro atoms. The van der Waals surface area contributed by atoms with Crippen LogP contribution in [0.3, 0.4) is 0 Å². The van der Waals surface area contributed by atoms with Gasteiger partial charge in [-0.3, -0.25) is 4.99 Å². The summed E-state index contributed by atoms with van der Waals surface area (Å²) in [7, 11) is -3.07. The molecule has 0 heterocycles. The SMILES string of the molecule is CCS(=O)(=O)NC/N=C\SC. The topological polar surface area (TPSA) is 58.5 Å². The lowest BCUT2D eigenvalue weighted by molar-refractivity contribution is 0.584. The minimum absolute atomic E-state index is 0.0990. The summed E-state index contributed by atoms with van der Waals surface area (Å²) in [5.74, 6) is 0.0990. The first-order valence-corrected chi connectivity index (χ1v) is 6.05. The summed E-state index contributed by atoms with van der Waals surface area (Å²) >= 11 is 1.43. The Morgan fingerprint density at radius 1 is 1.64 bits per heavy atom. The van der Waals surface area contributed by atoms with E-state index in [2.05, 4.69) is 9.71 Å². The predicted molar refractivity (Wildman–Crippen MR) is 49.5 cm³/mol. The van der Waals surface area contributed by atoms with Crippen LogP contribution >= 0.6 is 11.8 Å². The fraction of sp³-hybridized carbons (Fsp3) is 0.800. The van der Waals surface area contributed by atoms with Crippen molar-refractivity contribution in [2.75, 3.05) is 18.7 Å². The summed E-state index contributed by atoms with van der Waals surface area (Å²) in [4.78, 5) is 3.77. The van der Waals surface area contributed by atoms with E-state index in [1.165, 1.54) is 11.8 Å². The van der Waals surface area contributed by atoms with Gasteiger partial charge in [-0.2, -0.15) is 4.72 Å². The third kappa shape index (κ3) is 6.33. The van der Waals surface area contributed by atoms with Crippen molar-refractivity contribution in [3.63, 3.8) is 0 Å². The molecule has 11 heavy (non-hydrogen) atoms. The van der Waals surface area contributed by atoms with Crippen LogP contribution in [0.2, 0.25) is 0 Å². The van der Waals surface area contributed by atoms with E-state index in [-0.39, 0.29) is 12.4 Å². The first-order valence-electron chi connectivity index (χ1n) is 3.11. The summed E-state index contributed by atoms with van der Waals surface area (Å²) in [6, 6.07) is 0. The zero-order valence-electron chi connectivity index (χ0n) is 6.57. The van der Waals surface area contributed by atoms with Gasteiger partial charge in [0.25, 0.3) is 0 Å². The molecule has 6 heteroatoms. The van der Waals surface area contributed by atoms with Crippen molar-refractivity contribution in [2.45, 2.75) is 6.92 Å². The molecule has 0 unspecified atom stereocenters. The van der Waals surface area contributed by atoms with Gasteiger partial charge in [-0.05, 0) is 13.2 Å². The fourth-order valence-electron chi connectivity index (χ4n) is 0.349. The minimum atomic E-state index is -3.07. The van der Waals surface area contributed by atoms with Crippen LogP contribution in [0.4, 0.5) is 0 Å². The summed E-state index contributed by atoms with van der Waals surface area (Å²) < 4.78 is 23.8. The Balaban J connectivity index is 3.63. The molecule has 0 rings (SSSR count). The zero-order chi connectivity index (χ0) is 8.74. The third-order valence-corrected chi connectivity index (χ3v) is 2.62. The van der Waals surface area contributed by atoms with Gasteiger partial charge in [-0.15, -0.1) is 11.8 Å². The van der Waals surface area contributed by atoms with Gasteiger partial charge >= 0.3 is 0 Å². The van der Waals surface area contributed by atoms with E-state index >= 15 is 0 Å². The van der Waals surface area contributed by atoms with E-state index in [1.807, 2.05) is 6.26 Å². The Morgan fingerprint density at radius 3 is 2.73 bits per heavy atom. The standard InChI is InChI=1S/C5H12N2O2S2/c1-3-11(8,9)7-4-6-5-10-2/h5,7H,3-4H2,1-2H3/b6-5-. The van der Waals surface area contributed by atoms with E-state index in [4.69, 9.17) is 0 Å². The number of rotatable bonds is 5. The number of hydrogen-bond acceptors (Lipinski definition) is 4. The van der Waals surface area contributed by atoms with Gasteiger partial charge in [-0.25, -0.2) is 8.42 Å². The van der Waals surface area contributed by atoms with Gasteiger partial charge in [0.2, 0.25) is 10.0 Å². The molecule has 0 fully saturated rings. The second-order valence-electron chi connectivity index (χ2n) is 1.73. The van der Waals surface area contributed by atoms with Crippen LogP contribution in [0, 0.1) is 0 Å². The number of nitrogens with one attached hydrogen (secondary N) is 1. The molecule has 0 aliphatic carbocycles. The van der Waals surface area contributed by atoms with E-state index in [0.717, 1.165) is 0 Å². The highest BCUT2D eigenvalue weighted by molar-refractivity contribution is 8.11. The van der Waals surface area contributed by atoms with Crippen LogP contribution in [-0.4, -0.2) is 32.6 Å². The number of nitrogens with zero attached hydrogens (tertiary/aromatic N) is 1. The average Bonchev–Trinajstić information content (AvgIpc) is 1.99. The van der Waals surface area contributed by atoms with Crippen LogP contribution in [0.15, 0.2) is 4.99 Å². The third-order valence-electron chi connectivity index (χ3n) is 0.936. The molecule has 4 nitrogen and oxygen atoms in total. The molecule has 0 aliphatic rings. The van der Waals surface area contributed by atoms with Crippen LogP contribution in [0.5, 0.6) is 0 Å². The molecule has 1 N–H and O–H groups in total. The predicted octanol–water partition coefficient (Wildman–Crippen LogP) is 0.275. The number of sulfonamides is 1. The summed E-state index contributed by atoms with van der Waals surface area (Å²) in [6.45, 7) is 1.72. The molecule has 0 saturated heterocycles. The highest BCUT2D eigenvalue weighted by Gasteiger charge is 2.02. The minimum Gasteiger partial charge on any atom is -0.270 e. The molecule has 0 saturated carbocycles. The van der Waals surface area contributed by atoms with E-state index in [1.54, 1.807) is 12.5 Å². The smallest absolute Gasteiger partial charge is 0.212 e. The first-order chi connectivity index (χ1) is 5.12. The Bertz CT molecular complexity index is 211. The van der Waals surface area contributed by atoms with Gasteiger partial charge < -0.3 is 0 Å². The summed E-state index contributed by atoms with van der Waals surface area (Å²) in [5.41, 5.74) is 1.60. The van der Waals surface area contributed by atoms with Crippen molar-refractivity contribution in [3.05, 3.63) is 0 Å². The lowest BCUT2D eigenvalue weighted by Gasteiger charge is -1.98. The second kappa shape index (κ2) is 5.56. The van der Waals surface area contributed by atoms with Crippen LogP contribution < -0.4 is 4.72 Å². The Kier molecular flexibility index (Phi) is 5.53. The van der Waals surface area contributed by atoms with Gasteiger partial charge in [0.05, 0.1) is 11.3 Å². The van der Waals surface area contributed by atoms with E-state index in [0.29, 0.717) is 0 Å². The quantitative estimate of drug-likeness (QED) is 0.507. The Hall–Kier alpha value is -0.0700. The lowest BCUT2D eigenvalue weighted by atomic mass is 11.0. The molecule has 66 valence electrons. The molecular weight excluding hydrogens is 184 g/mol. The first kappa shape index (κ1) is 10.9. The van der Waals surface area contributed by atoms with Crippen molar-refractivity contribution in [3.8, 4) is 0 Å². The molecular formula is C5H12N2O2S2. The normalized spacial score (nSPS) is 12.5. The summed E-state index contributed by atoms with van der Waals surface area (Å²) in [6.07, 6.45) is 1.86. The van der Waals surface area contributed by atoms with Gasteiger partial charge in [0.15, 0.2) is 0 Å². The monoisotopic (exact) mass is 196 g/mol. The largest absolute Gasteiger partial charge is 0.270 e. The maximum Gasteiger partial charge on any atom is 0.212 e. The molecule has 0 aliphatic heterocycles. The molecule has 0 aromatic carbocycles. The lowest BCUT2D eigenvalue weighted by Crippen LogP contribution is -2.25. The summed E-state index contributed by atoms with van der Waals surface area (Å²) in [5, 5.41) is 0. The van der Waals surface area contributed by atoms with Gasteiger partial charge in [0, 0.05) is 0 Å². The zero-order valence-corrected chi connectivity index (χ0v) is 8.20. The van der Waals surface area contributed by atoms with Crippen molar-refractivity contribution >= 4 is 27.3 Å². The maximum atomic E-state index is 10.8. The fourth-order valence-corrected chi connectivity index (χ4v) is 1.05. The number of thioether (sulfide) groups is 1. The molecule has 0 aromatic heterocycles. The average molecular weight is 196 g/mol. The second-order valence-corrected chi connectivity index (χ2v) is 4.51. The van der Waals surface area contributed by atoms with Crippen molar-refractivity contribution in [2.24, 2.45) is 4.99 Å². The number of aliphatic imine (C=N–C) groups is 1. The van der Waals surface area contributed by atoms with Crippen molar-refractivity contribution < 1.29 is 8.42 Å². The Morgan fingerprint density at radius 2 is 2.27 bits per heavy atom. The van der Waals surface area contributed by atoms with Crippen molar-refractivity contribution in [1.29, 1.82) is 0 Å². The van der Waals surface area contributed by atoms with Gasteiger partial charge in [-0.1, -0.05) is 0 Å². The van der Waals surface area contributed by atoms with Gasteiger partial charge in [0.1, 0.15) is 6.67 Å². The Labute approximate surface area is 71.5 Å². The maximum absolute atomic E-state index is 10.8. The molecule has 0 atom stereocenters. The molecule has 0 amide bonds. The highest BCUT2D eigenvalue weighted by atomic mass is 32.2. The van der Waals surface area contributed by atoms with E-state index < -0.39 is 10.0 Å². The molecule has 0 radical (unpaired) electrons. The van der Waals surface area contributed by atoms with E-state index in [9.17, 15) is 8.42 Å². The van der Waals surface area contributed by atoms with Crippen molar-refractivity contribution in [1.82, 2.24) is 4.72 Å². The molecule has 0 aromatic rings. The van der Waals surface area contributed by atoms with Crippen LogP contribution in [0.25, 0.3) is 0 Å². The number of hydrogen-bond donors (Lipinski definition) is 1. The molecule has 0 bridgehead atoms. The van der Waals surface area contributed by atoms with Crippen LogP contribution in [-0.2, 0) is 10.0 Å². The highest BCUT2D eigenvalue weighted by Crippen LogP contribution is 1.84.